The molecule has 1 unspecified atom stereocenters. The van der Waals surface area contributed by atoms with Gasteiger partial charge in [0.05, 0.1) is 10.8 Å². The second kappa shape index (κ2) is 4.90. The fraction of sp³-hybridized carbons (Fsp3) is 0. The summed E-state index contributed by atoms with van der Waals surface area (Å²) in [6.07, 6.45) is 0. The minimum absolute atomic E-state index is 0.846. The van der Waals surface area contributed by atoms with Gasteiger partial charge in [-0.25, -0.2) is 4.21 Å². The molecule has 2 rings (SSSR count). The Morgan fingerprint density at radius 2 is 1.33 bits per heavy atom. The number of hydrogen-bond acceptors (Lipinski definition) is 1. The summed E-state index contributed by atoms with van der Waals surface area (Å²) in [7, 11) is -1.06. The number of benzene rings is 2. The van der Waals surface area contributed by atoms with E-state index in [0.717, 1.165) is 13.4 Å². The fourth-order valence-corrected chi connectivity index (χ4v) is 2.66. The van der Waals surface area contributed by atoms with Gasteiger partial charge >= 0.3 is 0 Å². The number of rotatable bonds is 2. The average Bonchev–Trinajstić information content (AvgIpc) is 2.30. The standard InChI is InChI=1S/C12H9IOS/c13-10-6-8-12(9-7-10)15(14)11-4-2-1-3-5-11/h1-9H. The Morgan fingerprint density at radius 3 is 1.93 bits per heavy atom. The molecule has 0 amide bonds. The highest BCUT2D eigenvalue weighted by Gasteiger charge is 2.05. The molecule has 2 aromatic carbocycles. The SMILES string of the molecule is O=S(c1ccccc1)c1ccc(I)cc1. The first-order valence-corrected chi connectivity index (χ1v) is 6.72. The van der Waals surface area contributed by atoms with E-state index in [1.807, 2.05) is 54.6 Å². The predicted molar refractivity (Wildman–Crippen MR) is 70.3 cm³/mol. The van der Waals surface area contributed by atoms with Crippen LogP contribution < -0.4 is 0 Å². The van der Waals surface area contributed by atoms with Crippen molar-refractivity contribution >= 4 is 33.4 Å². The van der Waals surface area contributed by atoms with Crippen molar-refractivity contribution in [3.63, 3.8) is 0 Å². The van der Waals surface area contributed by atoms with Crippen molar-refractivity contribution in [1.29, 1.82) is 0 Å². The van der Waals surface area contributed by atoms with Gasteiger partial charge < -0.3 is 0 Å². The first-order valence-electron chi connectivity index (χ1n) is 4.50. The van der Waals surface area contributed by atoms with Crippen LogP contribution >= 0.6 is 22.6 Å². The topological polar surface area (TPSA) is 17.1 Å². The lowest BCUT2D eigenvalue weighted by molar-refractivity contribution is 0.683. The van der Waals surface area contributed by atoms with Gasteiger partial charge in [-0.15, -0.1) is 0 Å². The van der Waals surface area contributed by atoms with Gasteiger partial charge in [0.2, 0.25) is 0 Å². The van der Waals surface area contributed by atoms with E-state index in [-0.39, 0.29) is 0 Å². The first-order chi connectivity index (χ1) is 7.27. The zero-order valence-electron chi connectivity index (χ0n) is 7.89. The molecule has 0 fully saturated rings. The van der Waals surface area contributed by atoms with Crippen LogP contribution in [0.3, 0.4) is 0 Å². The van der Waals surface area contributed by atoms with Gasteiger partial charge in [0.25, 0.3) is 0 Å². The quantitative estimate of drug-likeness (QED) is 0.772. The summed E-state index contributed by atoms with van der Waals surface area (Å²) >= 11 is 2.24. The fourth-order valence-electron chi connectivity index (χ4n) is 1.24. The maximum Gasteiger partial charge on any atom is 0.0849 e. The molecule has 1 atom stereocenters. The average molecular weight is 328 g/mol. The normalized spacial score (nSPS) is 12.3. The van der Waals surface area contributed by atoms with Crippen molar-refractivity contribution in [3.8, 4) is 0 Å². The minimum atomic E-state index is -1.06. The van der Waals surface area contributed by atoms with Gasteiger partial charge in [0, 0.05) is 13.4 Å². The molecular formula is C12H9IOS. The Bertz CT molecular complexity index is 465. The van der Waals surface area contributed by atoms with Crippen LogP contribution in [0.5, 0.6) is 0 Å². The predicted octanol–water partition coefficient (Wildman–Crippen LogP) is 3.46. The van der Waals surface area contributed by atoms with E-state index in [9.17, 15) is 4.21 Å². The monoisotopic (exact) mass is 328 g/mol. The van der Waals surface area contributed by atoms with Crippen molar-refractivity contribution in [2.24, 2.45) is 0 Å². The lowest BCUT2D eigenvalue weighted by Gasteiger charge is -2.01. The molecular weight excluding hydrogens is 319 g/mol. The van der Waals surface area contributed by atoms with E-state index in [0.29, 0.717) is 0 Å². The van der Waals surface area contributed by atoms with Gasteiger partial charge in [-0.3, -0.25) is 0 Å². The van der Waals surface area contributed by atoms with E-state index < -0.39 is 10.8 Å². The van der Waals surface area contributed by atoms with Gasteiger partial charge in [-0.1, -0.05) is 18.2 Å². The third-order valence-electron chi connectivity index (χ3n) is 1.98. The summed E-state index contributed by atoms with van der Waals surface area (Å²) in [5.41, 5.74) is 0. The molecule has 0 saturated heterocycles. The van der Waals surface area contributed by atoms with Crippen LogP contribution in [0, 0.1) is 3.57 Å². The molecule has 0 aliphatic heterocycles. The Kier molecular flexibility index (Phi) is 3.53. The molecule has 0 radical (unpaired) electrons. The number of halogens is 1. The van der Waals surface area contributed by atoms with Crippen molar-refractivity contribution in [2.45, 2.75) is 9.79 Å². The highest BCUT2D eigenvalue weighted by Crippen LogP contribution is 2.16. The van der Waals surface area contributed by atoms with Crippen LogP contribution in [0.1, 0.15) is 0 Å². The van der Waals surface area contributed by atoms with E-state index >= 15 is 0 Å². The van der Waals surface area contributed by atoms with E-state index in [1.165, 1.54) is 0 Å². The van der Waals surface area contributed by atoms with Crippen LogP contribution in [-0.4, -0.2) is 4.21 Å². The largest absolute Gasteiger partial charge is 0.249 e. The van der Waals surface area contributed by atoms with E-state index in [2.05, 4.69) is 22.6 Å². The summed E-state index contributed by atoms with van der Waals surface area (Å²) in [6, 6.07) is 17.2. The van der Waals surface area contributed by atoms with Crippen LogP contribution in [0.15, 0.2) is 64.4 Å². The smallest absolute Gasteiger partial charge is 0.0849 e. The van der Waals surface area contributed by atoms with E-state index in [1.54, 1.807) is 0 Å². The van der Waals surface area contributed by atoms with Crippen LogP contribution in [0.2, 0.25) is 0 Å². The highest BCUT2D eigenvalue weighted by molar-refractivity contribution is 14.1. The molecule has 0 heterocycles. The van der Waals surface area contributed by atoms with Gasteiger partial charge in [0.15, 0.2) is 0 Å². The Morgan fingerprint density at radius 1 is 0.800 bits per heavy atom. The Hall–Kier alpha value is -0.680. The van der Waals surface area contributed by atoms with Gasteiger partial charge in [-0.2, -0.15) is 0 Å². The van der Waals surface area contributed by atoms with Crippen molar-refractivity contribution in [3.05, 3.63) is 58.2 Å². The van der Waals surface area contributed by atoms with Gasteiger partial charge in [0.1, 0.15) is 0 Å². The molecule has 0 saturated carbocycles. The lowest BCUT2D eigenvalue weighted by atomic mass is 10.4. The molecule has 1 nitrogen and oxygen atoms in total. The summed E-state index contributed by atoms with van der Waals surface area (Å²) in [5, 5.41) is 0. The van der Waals surface area contributed by atoms with Crippen molar-refractivity contribution in [2.75, 3.05) is 0 Å². The summed E-state index contributed by atoms with van der Waals surface area (Å²) < 4.78 is 13.2. The molecule has 0 N–H and O–H groups in total. The van der Waals surface area contributed by atoms with E-state index in [4.69, 9.17) is 0 Å². The molecule has 15 heavy (non-hydrogen) atoms. The molecule has 0 aliphatic carbocycles. The van der Waals surface area contributed by atoms with Crippen LogP contribution in [-0.2, 0) is 10.8 Å². The maximum atomic E-state index is 12.1. The lowest BCUT2D eigenvalue weighted by Crippen LogP contribution is -1.91. The highest BCUT2D eigenvalue weighted by atomic mass is 127. The molecule has 3 heteroatoms. The third-order valence-corrected chi connectivity index (χ3v) is 4.10. The van der Waals surface area contributed by atoms with Crippen molar-refractivity contribution in [1.82, 2.24) is 0 Å². The molecule has 2 aromatic rings. The number of hydrogen-bond donors (Lipinski definition) is 0. The summed E-state index contributed by atoms with van der Waals surface area (Å²) in [4.78, 5) is 1.69. The van der Waals surface area contributed by atoms with Gasteiger partial charge in [-0.05, 0) is 59.0 Å². The van der Waals surface area contributed by atoms with Crippen LogP contribution in [0.25, 0.3) is 0 Å². The molecule has 0 bridgehead atoms. The third kappa shape index (κ3) is 2.66. The summed E-state index contributed by atoms with van der Waals surface area (Å²) in [6.45, 7) is 0. The second-order valence-corrected chi connectivity index (χ2v) is 5.76. The maximum absolute atomic E-state index is 12.1. The molecule has 76 valence electrons. The zero-order valence-corrected chi connectivity index (χ0v) is 10.9. The Balaban J connectivity index is 2.33. The zero-order chi connectivity index (χ0) is 10.7. The minimum Gasteiger partial charge on any atom is -0.249 e. The van der Waals surface area contributed by atoms with Crippen LogP contribution in [0.4, 0.5) is 0 Å². The summed E-state index contributed by atoms with van der Waals surface area (Å²) in [5.74, 6) is 0. The second-order valence-electron chi connectivity index (χ2n) is 3.04. The Labute approximate surface area is 105 Å². The molecule has 0 aromatic heterocycles. The van der Waals surface area contributed by atoms with Crippen molar-refractivity contribution < 1.29 is 4.21 Å². The first kappa shape index (κ1) is 10.8. The molecule has 0 spiro atoms. The molecule has 0 aliphatic rings.